The molecule has 2 aromatic carbocycles. The van der Waals surface area contributed by atoms with Crippen LogP contribution in [0.2, 0.25) is 0 Å². The Kier molecular flexibility index (Phi) is 5.50. The summed E-state index contributed by atoms with van der Waals surface area (Å²) < 4.78 is 65.7. The highest BCUT2D eigenvalue weighted by Gasteiger charge is 2.23. The predicted molar refractivity (Wildman–Crippen MR) is 93.7 cm³/mol. The van der Waals surface area contributed by atoms with Crippen molar-refractivity contribution in [3.05, 3.63) is 54.3 Å². The molecule has 0 saturated heterocycles. The molecule has 0 aliphatic carbocycles. The van der Waals surface area contributed by atoms with Crippen LogP contribution in [0.15, 0.2) is 58.3 Å². The van der Waals surface area contributed by atoms with Crippen molar-refractivity contribution < 1.29 is 21.2 Å². The molecule has 0 aliphatic heterocycles. The van der Waals surface area contributed by atoms with E-state index in [-0.39, 0.29) is 21.5 Å². The molecular formula is C16H19FN2O4S2. The van der Waals surface area contributed by atoms with Crippen molar-refractivity contribution in [3.8, 4) is 0 Å². The summed E-state index contributed by atoms with van der Waals surface area (Å²) in [6.07, 6.45) is 0. The van der Waals surface area contributed by atoms with Gasteiger partial charge in [-0.1, -0.05) is 0 Å². The fourth-order valence-electron chi connectivity index (χ4n) is 1.97. The van der Waals surface area contributed by atoms with Crippen LogP contribution in [-0.4, -0.2) is 34.2 Å². The Balaban J connectivity index is 2.25. The van der Waals surface area contributed by atoms with Gasteiger partial charge in [-0.3, -0.25) is 4.72 Å². The molecular weight excluding hydrogens is 367 g/mol. The van der Waals surface area contributed by atoms with Gasteiger partial charge >= 0.3 is 0 Å². The van der Waals surface area contributed by atoms with Crippen molar-refractivity contribution in [2.45, 2.75) is 29.7 Å². The van der Waals surface area contributed by atoms with Gasteiger partial charge < -0.3 is 0 Å². The molecule has 136 valence electrons. The monoisotopic (exact) mass is 386 g/mol. The van der Waals surface area contributed by atoms with E-state index in [1.165, 1.54) is 35.6 Å². The third-order valence-electron chi connectivity index (χ3n) is 3.63. The van der Waals surface area contributed by atoms with E-state index in [4.69, 9.17) is 0 Å². The van der Waals surface area contributed by atoms with Crippen molar-refractivity contribution in [2.24, 2.45) is 0 Å². The van der Waals surface area contributed by atoms with Crippen molar-refractivity contribution >= 4 is 25.7 Å². The smallest absolute Gasteiger partial charge is 0.261 e. The molecule has 0 radical (unpaired) electrons. The van der Waals surface area contributed by atoms with Crippen molar-refractivity contribution in [1.29, 1.82) is 0 Å². The first kappa shape index (κ1) is 19.4. The Morgan fingerprint density at radius 2 is 1.36 bits per heavy atom. The predicted octanol–water partition coefficient (Wildman–Crippen LogP) is 2.66. The fraction of sp³-hybridized carbons (Fsp3) is 0.250. The molecule has 9 heteroatoms. The molecule has 0 atom stereocenters. The molecule has 0 amide bonds. The molecule has 0 fully saturated rings. The molecule has 1 N–H and O–H groups in total. The Morgan fingerprint density at radius 3 is 1.84 bits per heavy atom. The number of benzene rings is 2. The number of nitrogens with one attached hydrogen (secondary N) is 1. The van der Waals surface area contributed by atoms with E-state index in [2.05, 4.69) is 4.72 Å². The van der Waals surface area contributed by atoms with Crippen molar-refractivity contribution in [1.82, 2.24) is 4.31 Å². The van der Waals surface area contributed by atoms with E-state index >= 15 is 0 Å². The van der Waals surface area contributed by atoms with Gasteiger partial charge in [0, 0.05) is 18.8 Å². The molecule has 0 saturated carbocycles. The molecule has 0 aromatic heterocycles. The highest BCUT2D eigenvalue weighted by atomic mass is 32.2. The molecule has 0 unspecified atom stereocenters. The van der Waals surface area contributed by atoms with Gasteiger partial charge in [0.1, 0.15) is 5.82 Å². The van der Waals surface area contributed by atoms with Crippen LogP contribution in [0.5, 0.6) is 0 Å². The van der Waals surface area contributed by atoms with Gasteiger partial charge in [-0.2, -0.15) is 4.31 Å². The molecule has 0 aliphatic rings. The van der Waals surface area contributed by atoms with Crippen LogP contribution in [0.4, 0.5) is 10.1 Å². The maximum atomic E-state index is 12.9. The van der Waals surface area contributed by atoms with Gasteiger partial charge in [0.25, 0.3) is 10.0 Å². The molecule has 25 heavy (non-hydrogen) atoms. The molecule has 0 heterocycles. The largest absolute Gasteiger partial charge is 0.280 e. The first-order chi connectivity index (χ1) is 11.5. The third kappa shape index (κ3) is 4.36. The number of sulfonamides is 2. The first-order valence-electron chi connectivity index (χ1n) is 7.40. The van der Waals surface area contributed by atoms with E-state index < -0.39 is 25.9 Å². The van der Waals surface area contributed by atoms with Gasteiger partial charge in [-0.15, -0.1) is 0 Å². The maximum Gasteiger partial charge on any atom is 0.261 e. The Hall–Kier alpha value is -1.97. The Morgan fingerprint density at radius 1 is 0.880 bits per heavy atom. The molecule has 2 rings (SSSR count). The SMILES string of the molecule is CC(C)N(C)S(=O)(=O)c1ccc(NS(=O)(=O)c2ccc(F)cc2)cc1. The lowest BCUT2D eigenvalue weighted by Crippen LogP contribution is -2.33. The average Bonchev–Trinajstić information content (AvgIpc) is 2.54. The van der Waals surface area contributed by atoms with Crippen LogP contribution < -0.4 is 4.72 Å². The zero-order valence-electron chi connectivity index (χ0n) is 14.0. The van der Waals surface area contributed by atoms with Gasteiger partial charge in [0.2, 0.25) is 10.0 Å². The lowest BCUT2D eigenvalue weighted by molar-refractivity contribution is 0.410. The second-order valence-electron chi connectivity index (χ2n) is 5.70. The number of hydrogen-bond donors (Lipinski definition) is 1. The molecule has 0 bridgehead atoms. The number of anilines is 1. The minimum Gasteiger partial charge on any atom is -0.280 e. The summed E-state index contributed by atoms with van der Waals surface area (Å²) in [5.41, 5.74) is 0.204. The highest BCUT2D eigenvalue weighted by molar-refractivity contribution is 7.92. The highest BCUT2D eigenvalue weighted by Crippen LogP contribution is 2.21. The summed E-state index contributed by atoms with van der Waals surface area (Å²) in [6, 6.07) is 9.57. The second kappa shape index (κ2) is 7.11. The van der Waals surface area contributed by atoms with Crippen LogP contribution in [0.1, 0.15) is 13.8 Å². The number of halogens is 1. The van der Waals surface area contributed by atoms with Crippen LogP contribution in [0, 0.1) is 5.82 Å². The number of nitrogens with zero attached hydrogens (tertiary/aromatic N) is 1. The van der Waals surface area contributed by atoms with E-state index in [1.807, 2.05) is 0 Å². The lowest BCUT2D eigenvalue weighted by atomic mass is 10.3. The first-order valence-corrected chi connectivity index (χ1v) is 10.3. The summed E-state index contributed by atoms with van der Waals surface area (Å²) in [7, 11) is -6.05. The van der Waals surface area contributed by atoms with Gasteiger partial charge in [-0.05, 0) is 62.4 Å². The molecule has 2 aromatic rings. The molecule has 0 spiro atoms. The molecule has 6 nitrogen and oxygen atoms in total. The minimum atomic E-state index is -3.88. The fourth-order valence-corrected chi connectivity index (χ4v) is 4.39. The van der Waals surface area contributed by atoms with Crippen LogP contribution in [0.3, 0.4) is 0 Å². The van der Waals surface area contributed by atoms with Crippen LogP contribution >= 0.6 is 0 Å². The summed E-state index contributed by atoms with van der Waals surface area (Å²) in [6.45, 7) is 3.51. The van der Waals surface area contributed by atoms with Gasteiger partial charge in [0.05, 0.1) is 9.79 Å². The van der Waals surface area contributed by atoms with Gasteiger partial charge in [-0.25, -0.2) is 21.2 Å². The second-order valence-corrected chi connectivity index (χ2v) is 9.38. The van der Waals surface area contributed by atoms with E-state index in [0.717, 1.165) is 24.3 Å². The summed E-state index contributed by atoms with van der Waals surface area (Å²) in [5, 5.41) is 0. The standard InChI is InChI=1S/C16H19FN2O4S2/c1-12(2)19(3)25(22,23)16-10-6-14(7-11-16)18-24(20,21)15-8-4-13(17)5-9-15/h4-12,18H,1-3H3. The van der Waals surface area contributed by atoms with Gasteiger partial charge in [0.15, 0.2) is 0 Å². The summed E-state index contributed by atoms with van der Waals surface area (Å²) in [4.78, 5) is -0.0291. The van der Waals surface area contributed by atoms with E-state index in [9.17, 15) is 21.2 Å². The lowest BCUT2D eigenvalue weighted by Gasteiger charge is -2.21. The van der Waals surface area contributed by atoms with E-state index in [0.29, 0.717) is 0 Å². The quantitative estimate of drug-likeness (QED) is 0.827. The Bertz CT molecular complexity index is 939. The van der Waals surface area contributed by atoms with E-state index in [1.54, 1.807) is 13.8 Å². The zero-order valence-corrected chi connectivity index (χ0v) is 15.6. The van der Waals surface area contributed by atoms with Crippen molar-refractivity contribution in [2.75, 3.05) is 11.8 Å². The topological polar surface area (TPSA) is 83.6 Å². The normalized spacial score (nSPS) is 12.6. The van der Waals surface area contributed by atoms with Crippen LogP contribution in [0.25, 0.3) is 0 Å². The average molecular weight is 386 g/mol. The number of rotatable bonds is 6. The minimum absolute atomic E-state index is 0.0634. The maximum absolute atomic E-state index is 12.9. The Labute approximate surface area is 147 Å². The number of hydrogen-bond acceptors (Lipinski definition) is 4. The third-order valence-corrected chi connectivity index (χ3v) is 7.08. The van der Waals surface area contributed by atoms with Crippen LogP contribution in [-0.2, 0) is 20.0 Å². The summed E-state index contributed by atoms with van der Waals surface area (Å²) in [5.74, 6) is -0.539. The van der Waals surface area contributed by atoms with Crippen molar-refractivity contribution in [3.63, 3.8) is 0 Å². The summed E-state index contributed by atoms with van der Waals surface area (Å²) >= 11 is 0. The zero-order chi connectivity index (χ0) is 18.8.